The third-order valence-electron chi connectivity index (χ3n) is 0. The van der Waals surface area contributed by atoms with Crippen LogP contribution in [0.5, 0.6) is 0 Å². The maximum absolute atomic E-state index is 7.38. The summed E-state index contributed by atoms with van der Waals surface area (Å²) in [7, 11) is 0. The molecule has 0 bridgehead atoms. The molecule has 0 aromatic carbocycles. The first kappa shape index (κ1) is 16.5. The van der Waals surface area contributed by atoms with Crippen LogP contribution in [-0.2, 0) is 44.3 Å². The van der Waals surface area contributed by atoms with Crippen LogP contribution in [0, 0.1) is 0 Å². The zero-order valence-corrected chi connectivity index (χ0v) is 6.81. The standard InChI is InChI=1S/4H2O.Sr.Ti.Zr.2H/h4*1H2;;;;;/q;;;;;+4;;;/p-4. The Morgan fingerprint density at radius 1 is 0.857 bits per heavy atom. The Morgan fingerprint density at radius 2 is 0.857 bits per heavy atom. The molecule has 0 aliphatic heterocycles. The van der Waals surface area contributed by atoms with Crippen molar-refractivity contribution in [3.8, 4) is 0 Å². The molecule has 0 heterocycles. The number of rotatable bonds is 0. The first-order valence-electron chi connectivity index (χ1n) is 0.894. The summed E-state index contributed by atoms with van der Waals surface area (Å²) in [5.74, 6) is 0. The fraction of sp³-hybridized carbons (Fsp3) is 0. The Bertz CT molecular complexity index is 27.2. The van der Waals surface area contributed by atoms with Gasteiger partial charge >= 0.3 is 78.4 Å². The Hall–Kier alpha value is 2.92. The van der Waals surface area contributed by atoms with Crippen molar-refractivity contribution < 1.29 is 59.1 Å². The molecule has 0 unspecified atom stereocenters. The molecule has 7 heteroatoms. The van der Waals surface area contributed by atoms with Gasteiger partial charge in [-0.25, -0.2) is 0 Å². The minimum absolute atomic E-state index is 0. The van der Waals surface area contributed by atoms with E-state index in [1.807, 2.05) is 0 Å². The van der Waals surface area contributed by atoms with Gasteiger partial charge in [-0.05, 0) is 0 Å². The van der Waals surface area contributed by atoms with Crippen LogP contribution in [0.4, 0.5) is 0 Å². The van der Waals surface area contributed by atoms with Crippen molar-refractivity contribution in [1.29, 1.82) is 0 Å². The van der Waals surface area contributed by atoms with E-state index in [0.29, 0.717) is 0 Å². The van der Waals surface area contributed by atoms with Crippen LogP contribution in [0.1, 0.15) is 0 Å². The molecular formula is H6O4SrTiZr. The average molecular weight is 297 g/mol. The van der Waals surface area contributed by atoms with E-state index in [-0.39, 0.29) is 71.7 Å². The Labute approximate surface area is 102 Å². The van der Waals surface area contributed by atoms with Crippen molar-refractivity contribution in [2.24, 2.45) is 0 Å². The molecule has 0 rings (SSSR count). The summed E-state index contributed by atoms with van der Waals surface area (Å²) >= 11 is -5.00. The molecule has 0 aromatic heterocycles. The Morgan fingerprint density at radius 3 is 0.857 bits per heavy atom. The fourth-order valence-corrected chi connectivity index (χ4v) is 0. The van der Waals surface area contributed by atoms with Crippen LogP contribution >= 0.6 is 0 Å². The Kier molecular flexibility index (Phi) is 16.6. The second kappa shape index (κ2) is 7.03. The smallest absolute Gasteiger partial charge is 0 e. The second-order valence-corrected chi connectivity index (χ2v) is 2.47. The maximum atomic E-state index is 7.38. The monoisotopic (exact) mass is 296 g/mol. The van der Waals surface area contributed by atoms with Crippen LogP contribution in [0.25, 0.3) is 0 Å². The SMILES string of the molecule is [OH][Ti]([OH])([OH])[OH].[SrH2].[Zr]. The van der Waals surface area contributed by atoms with E-state index in [4.69, 9.17) is 14.8 Å². The van der Waals surface area contributed by atoms with Crippen molar-refractivity contribution in [2.45, 2.75) is 0 Å². The van der Waals surface area contributed by atoms with E-state index in [1.165, 1.54) is 0 Å². The first-order valence-corrected chi connectivity index (χ1v) is 3.69. The second-order valence-electron chi connectivity index (χ2n) is 0.600. The van der Waals surface area contributed by atoms with Crippen molar-refractivity contribution in [1.82, 2.24) is 0 Å². The summed E-state index contributed by atoms with van der Waals surface area (Å²) in [5, 5.41) is 0. The summed E-state index contributed by atoms with van der Waals surface area (Å²) in [4.78, 5) is 0. The molecule has 0 amide bonds. The molecule has 7 heavy (non-hydrogen) atoms. The zero-order valence-electron chi connectivity index (χ0n) is 2.79. The third kappa shape index (κ3) is 50.1. The number of hydrogen-bond acceptors (Lipinski definition) is 4. The van der Waals surface area contributed by atoms with Gasteiger partial charge in [0.2, 0.25) is 0 Å². The van der Waals surface area contributed by atoms with Gasteiger partial charge in [0.15, 0.2) is 0 Å². The van der Waals surface area contributed by atoms with Gasteiger partial charge in [0.25, 0.3) is 0 Å². The number of hydrogen-bond donors (Lipinski definition) is 4. The van der Waals surface area contributed by atoms with E-state index in [0.717, 1.165) is 0 Å². The predicted molar refractivity (Wildman–Crippen MR) is 17.4 cm³/mol. The van der Waals surface area contributed by atoms with Gasteiger partial charge in [0, 0.05) is 26.2 Å². The molecular weight excluding hydrogens is 291 g/mol. The largest absolute Gasteiger partial charge is 0 e. The Balaban J connectivity index is -0.0000000800. The van der Waals surface area contributed by atoms with Crippen LogP contribution in [0.2, 0.25) is 0 Å². The van der Waals surface area contributed by atoms with Crippen LogP contribution in [0.3, 0.4) is 0 Å². The maximum Gasteiger partial charge on any atom is 0 e. The van der Waals surface area contributed by atoms with E-state index >= 15 is 0 Å². The van der Waals surface area contributed by atoms with Gasteiger partial charge in [-0.1, -0.05) is 0 Å². The van der Waals surface area contributed by atoms with Crippen LogP contribution < -0.4 is 0 Å². The molecule has 4 N–H and O–H groups in total. The van der Waals surface area contributed by atoms with Gasteiger partial charge < -0.3 is 0 Å². The molecule has 4 nitrogen and oxygen atoms in total. The molecule has 0 saturated heterocycles. The van der Waals surface area contributed by atoms with Crippen molar-refractivity contribution in [3.05, 3.63) is 0 Å². The summed E-state index contributed by atoms with van der Waals surface area (Å²) in [6.45, 7) is 0. The summed E-state index contributed by atoms with van der Waals surface area (Å²) < 4.78 is 29.5. The normalized spacial score (nSPS) is 8.57. The van der Waals surface area contributed by atoms with Crippen LogP contribution in [-0.4, -0.2) is 60.2 Å². The van der Waals surface area contributed by atoms with E-state index in [2.05, 4.69) is 0 Å². The minimum Gasteiger partial charge on any atom is 0 e. The zero-order chi connectivity index (χ0) is 4.50. The average Bonchev–Trinajstić information content (AvgIpc) is 0.722. The first-order chi connectivity index (χ1) is 2.00. The van der Waals surface area contributed by atoms with E-state index < -0.39 is 18.1 Å². The summed E-state index contributed by atoms with van der Waals surface area (Å²) in [6.07, 6.45) is 0. The molecule has 0 fully saturated rings. The minimum atomic E-state index is -5.00. The van der Waals surface area contributed by atoms with E-state index in [9.17, 15) is 0 Å². The topological polar surface area (TPSA) is 80.9 Å². The van der Waals surface area contributed by atoms with Crippen molar-refractivity contribution in [3.63, 3.8) is 0 Å². The molecule has 40 valence electrons. The molecule has 0 spiro atoms. The molecule has 0 saturated carbocycles. The predicted octanol–water partition coefficient (Wildman–Crippen LogP) is -3.15. The quantitative estimate of drug-likeness (QED) is 0.356. The molecule has 0 aromatic rings. The third-order valence-corrected chi connectivity index (χ3v) is 0. The van der Waals surface area contributed by atoms with Gasteiger partial charge in [0.05, 0.1) is 0 Å². The summed E-state index contributed by atoms with van der Waals surface area (Å²) in [5.41, 5.74) is 0. The van der Waals surface area contributed by atoms with Gasteiger partial charge in [-0.3, -0.25) is 0 Å². The van der Waals surface area contributed by atoms with Gasteiger partial charge in [-0.15, -0.1) is 0 Å². The molecule has 0 aliphatic carbocycles. The fourth-order valence-electron chi connectivity index (χ4n) is 0. The van der Waals surface area contributed by atoms with Gasteiger partial charge in [0.1, 0.15) is 0 Å². The molecule has 0 atom stereocenters. The van der Waals surface area contributed by atoms with Gasteiger partial charge in [-0.2, -0.15) is 0 Å². The molecule has 0 radical (unpaired) electrons. The van der Waals surface area contributed by atoms with Crippen molar-refractivity contribution >= 4 is 45.5 Å². The van der Waals surface area contributed by atoms with E-state index in [1.54, 1.807) is 0 Å². The molecule has 0 aliphatic rings. The van der Waals surface area contributed by atoms with Crippen molar-refractivity contribution in [2.75, 3.05) is 0 Å². The van der Waals surface area contributed by atoms with Crippen LogP contribution in [0.15, 0.2) is 0 Å². The summed E-state index contributed by atoms with van der Waals surface area (Å²) in [6, 6.07) is 0.